The molecule has 0 saturated heterocycles. The van der Waals surface area contributed by atoms with Crippen LogP contribution >= 0.6 is 0 Å². The standard InChI is InChI=1S/C14H22N2O3S/c15-20(17,18)14(9-5-2-6-10-14)16-11-12-19-13-7-3-1-4-8-13/h1,3-4,7-8,16H,2,5-6,9-12H2,(H2,15,17,18). The van der Waals surface area contributed by atoms with Crippen molar-refractivity contribution in [1.82, 2.24) is 5.32 Å². The van der Waals surface area contributed by atoms with Gasteiger partial charge in [0.05, 0.1) is 0 Å². The Hall–Kier alpha value is -1.11. The summed E-state index contributed by atoms with van der Waals surface area (Å²) in [6, 6.07) is 9.46. The first-order chi connectivity index (χ1) is 9.54. The predicted octanol–water partition coefficient (Wildman–Crippen LogP) is 1.60. The van der Waals surface area contributed by atoms with Crippen LogP contribution in [0.5, 0.6) is 5.75 Å². The normalized spacial score (nSPS) is 18.6. The average Bonchev–Trinajstić information content (AvgIpc) is 2.45. The second-order valence-electron chi connectivity index (χ2n) is 5.19. The number of hydrogen-bond donors (Lipinski definition) is 2. The molecule has 0 radical (unpaired) electrons. The lowest BCUT2D eigenvalue weighted by Gasteiger charge is -2.35. The highest BCUT2D eigenvalue weighted by molar-refractivity contribution is 7.90. The van der Waals surface area contributed by atoms with Gasteiger partial charge in [0.25, 0.3) is 0 Å². The summed E-state index contributed by atoms with van der Waals surface area (Å²) in [7, 11) is -3.60. The number of sulfonamides is 1. The van der Waals surface area contributed by atoms with Gasteiger partial charge in [-0.3, -0.25) is 5.32 Å². The van der Waals surface area contributed by atoms with Crippen LogP contribution in [-0.2, 0) is 10.0 Å². The number of hydrogen-bond acceptors (Lipinski definition) is 4. The molecule has 0 amide bonds. The first-order valence-electron chi connectivity index (χ1n) is 6.99. The van der Waals surface area contributed by atoms with Crippen LogP contribution in [0.25, 0.3) is 0 Å². The van der Waals surface area contributed by atoms with E-state index in [1.807, 2.05) is 30.3 Å². The molecular weight excluding hydrogens is 276 g/mol. The third kappa shape index (κ3) is 3.71. The Bertz CT molecular complexity index is 510. The molecule has 2 rings (SSSR count). The maximum atomic E-state index is 11.8. The zero-order valence-corrected chi connectivity index (χ0v) is 12.4. The first-order valence-corrected chi connectivity index (χ1v) is 8.53. The van der Waals surface area contributed by atoms with Crippen molar-refractivity contribution in [2.24, 2.45) is 5.14 Å². The molecule has 3 N–H and O–H groups in total. The number of para-hydroxylation sites is 1. The molecule has 0 atom stereocenters. The van der Waals surface area contributed by atoms with Gasteiger partial charge in [0, 0.05) is 6.54 Å². The SMILES string of the molecule is NS(=O)(=O)C1(NCCOc2ccccc2)CCCCC1. The number of primary sulfonamides is 1. The molecule has 0 aromatic heterocycles. The third-order valence-electron chi connectivity index (χ3n) is 3.77. The van der Waals surface area contributed by atoms with Gasteiger partial charge in [-0.25, -0.2) is 13.6 Å². The Labute approximate surface area is 120 Å². The maximum Gasteiger partial charge on any atom is 0.228 e. The fraction of sp³-hybridized carbons (Fsp3) is 0.571. The van der Waals surface area contributed by atoms with Gasteiger partial charge in [-0.1, -0.05) is 37.5 Å². The monoisotopic (exact) mass is 298 g/mol. The summed E-state index contributed by atoms with van der Waals surface area (Å²) < 4.78 is 29.3. The molecule has 0 unspecified atom stereocenters. The second kappa shape index (κ2) is 6.56. The van der Waals surface area contributed by atoms with E-state index in [0.29, 0.717) is 26.0 Å². The number of benzene rings is 1. The molecule has 112 valence electrons. The number of ether oxygens (including phenoxy) is 1. The van der Waals surface area contributed by atoms with E-state index in [9.17, 15) is 8.42 Å². The lowest BCUT2D eigenvalue weighted by molar-refractivity contribution is 0.268. The van der Waals surface area contributed by atoms with Crippen molar-refractivity contribution in [2.75, 3.05) is 13.2 Å². The minimum Gasteiger partial charge on any atom is -0.492 e. The molecule has 0 aliphatic heterocycles. The lowest BCUT2D eigenvalue weighted by atomic mass is 9.95. The molecule has 0 spiro atoms. The van der Waals surface area contributed by atoms with Crippen LogP contribution in [-0.4, -0.2) is 26.4 Å². The van der Waals surface area contributed by atoms with E-state index < -0.39 is 14.9 Å². The smallest absolute Gasteiger partial charge is 0.228 e. The van der Waals surface area contributed by atoms with E-state index in [1.165, 1.54) is 0 Å². The van der Waals surface area contributed by atoms with Gasteiger partial charge in [0.2, 0.25) is 10.0 Å². The molecule has 1 fully saturated rings. The zero-order chi connectivity index (χ0) is 14.5. The minimum atomic E-state index is -3.60. The summed E-state index contributed by atoms with van der Waals surface area (Å²) in [6.45, 7) is 0.882. The number of nitrogens with two attached hydrogens (primary N) is 1. The summed E-state index contributed by atoms with van der Waals surface area (Å²) in [5, 5.41) is 8.51. The van der Waals surface area contributed by atoms with E-state index >= 15 is 0 Å². The van der Waals surface area contributed by atoms with Crippen LogP contribution in [0.15, 0.2) is 30.3 Å². The summed E-state index contributed by atoms with van der Waals surface area (Å²) in [5.41, 5.74) is 0. The van der Waals surface area contributed by atoms with Gasteiger partial charge in [-0.2, -0.15) is 0 Å². The summed E-state index contributed by atoms with van der Waals surface area (Å²) in [5.74, 6) is 0.780. The lowest BCUT2D eigenvalue weighted by Crippen LogP contribution is -2.56. The van der Waals surface area contributed by atoms with Crippen LogP contribution in [0.4, 0.5) is 0 Å². The van der Waals surface area contributed by atoms with E-state index in [-0.39, 0.29) is 0 Å². The zero-order valence-electron chi connectivity index (χ0n) is 11.5. The molecule has 1 aliphatic rings. The van der Waals surface area contributed by atoms with Gasteiger partial charge in [0.1, 0.15) is 17.2 Å². The molecule has 1 aromatic rings. The molecule has 1 aliphatic carbocycles. The van der Waals surface area contributed by atoms with Gasteiger partial charge in [-0.05, 0) is 25.0 Å². The van der Waals surface area contributed by atoms with E-state index in [2.05, 4.69) is 5.32 Å². The Morgan fingerprint density at radius 3 is 2.40 bits per heavy atom. The van der Waals surface area contributed by atoms with Gasteiger partial charge >= 0.3 is 0 Å². The molecule has 0 bridgehead atoms. The predicted molar refractivity (Wildman–Crippen MR) is 78.9 cm³/mol. The highest BCUT2D eigenvalue weighted by Gasteiger charge is 2.41. The maximum absolute atomic E-state index is 11.8. The van der Waals surface area contributed by atoms with Crippen molar-refractivity contribution in [3.05, 3.63) is 30.3 Å². The van der Waals surface area contributed by atoms with Crippen molar-refractivity contribution in [1.29, 1.82) is 0 Å². The molecule has 1 aromatic carbocycles. The quantitative estimate of drug-likeness (QED) is 0.782. The topological polar surface area (TPSA) is 81.4 Å². The largest absolute Gasteiger partial charge is 0.492 e. The van der Waals surface area contributed by atoms with E-state index in [0.717, 1.165) is 25.0 Å². The van der Waals surface area contributed by atoms with Crippen molar-refractivity contribution < 1.29 is 13.2 Å². The molecular formula is C14H22N2O3S. The Balaban J connectivity index is 1.87. The second-order valence-corrected chi connectivity index (χ2v) is 7.06. The van der Waals surface area contributed by atoms with Crippen LogP contribution in [0.1, 0.15) is 32.1 Å². The Morgan fingerprint density at radius 2 is 1.80 bits per heavy atom. The fourth-order valence-electron chi connectivity index (χ4n) is 2.65. The Kier molecular flexibility index (Phi) is 5.01. The van der Waals surface area contributed by atoms with Crippen molar-refractivity contribution >= 4 is 10.0 Å². The fourth-order valence-corrected chi connectivity index (χ4v) is 3.81. The van der Waals surface area contributed by atoms with E-state index in [1.54, 1.807) is 0 Å². The minimum absolute atomic E-state index is 0.418. The molecule has 5 nitrogen and oxygen atoms in total. The highest BCUT2D eigenvalue weighted by Crippen LogP contribution is 2.31. The van der Waals surface area contributed by atoms with Crippen LogP contribution in [0, 0.1) is 0 Å². The van der Waals surface area contributed by atoms with Crippen LogP contribution < -0.4 is 15.2 Å². The molecule has 20 heavy (non-hydrogen) atoms. The van der Waals surface area contributed by atoms with Gasteiger partial charge < -0.3 is 4.74 Å². The number of rotatable bonds is 6. The summed E-state index contributed by atoms with van der Waals surface area (Å²) in [4.78, 5) is -0.967. The Morgan fingerprint density at radius 1 is 1.15 bits per heavy atom. The average molecular weight is 298 g/mol. The molecule has 1 saturated carbocycles. The highest BCUT2D eigenvalue weighted by atomic mass is 32.2. The van der Waals surface area contributed by atoms with Crippen molar-refractivity contribution in [3.63, 3.8) is 0 Å². The van der Waals surface area contributed by atoms with Crippen LogP contribution in [0.2, 0.25) is 0 Å². The van der Waals surface area contributed by atoms with Gasteiger partial charge in [-0.15, -0.1) is 0 Å². The van der Waals surface area contributed by atoms with Crippen molar-refractivity contribution in [2.45, 2.75) is 37.0 Å². The van der Waals surface area contributed by atoms with E-state index in [4.69, 9.17) is 9.88 Å². The third-order valence-corrected chi connectivity index (χ3v) is 5.41. The molecule has 0 heterocycles. The van der Waals surface area contributed by atoms with Gasteiger partial charge in [0.15, 0.2) is 0 Å². The first kappa shape index (κ1) is 15.3. The molecule has 6 heteroatoms. The summed E-state index contributed by atoms with van der Waals surface area (Å²) >= 11 is 0. The van der Waals surface area contributed by atoms with Crippen LogP contribution in [0.3, 0.4) is 0 Å². The number of nitrogens with one attached hydrogen (secondary N) is 1. The van der Waals surface area contributed by atoms with Crippen molar-refractivity contribution in [3.8, 4) is 5.75 Å². The summed E-state index contributed by atoms with van der Waals surface area (Å²) in [6.07, 6.45) is 4.01.